The fourth-order valence-electron chi connectivity index (χ4n) is 4.50. The lowest BCUT2D eigenvalue weighted by molar-refractivity contribution is -0.119. The van der Waals surface area contributed by atoms with Crippen LogP contribution in [0.2, 0.25) is 5.02 Å². The van der Waals surface area contributed by atoms with Gasteiger partial charge in [-0.05, 0) is 78.1 Å². The molecule has 4 aromatic rings. The Labute approximate surface area is 242 Å². The van der Waals surface area contributed by atoms with Crippen LogP contribution in [0.1, 0.15) is 50.3 Å². The summed E-state index contributed by atoms with van der Waals surface area (Å²) in [7, 11) is -4.22. The normalized spacial score (nSPS) is 11.7. The molecule has 0 aliphatic rings. The van der Waals surface area contributed by atoms with Gasteiger partial charge in [-0.15, -0.1) is 0 Å². The molecule has 0 heterocycles. The van der Waals surface area contributed by atoms with Crippen LogP contribution in [-0.4, -0.2) is 20.9 Å². The lowest BCUT2D eigenvalue weighted by Gasteiger charge is -2.26. The lowest BCUT2D eigenvalue weighted by atomic mass is 9.78. The maximum absolute atomic E-state index is 13.7. The maximum Gasteiger partial charge on any atom is 0.278 e. The zero-order chi connectivity index (χ0) is 28.8. The van der Waals surface area contributed by atoms with Crippen molar-refractivity contribution >= 4 is 33.2 Å². The van der Waals surface area contributed by atoms with Gasteiger partial charge < -0.3 is 4.74 Å². The molecule has 0 aliphatic heterocycles. The minimum Gasteiger partial charge on any atom is -0.484 e. The molecule has 0 spiro atoms. The van der Waals surface area contributed by atoms with Crippen LogP contribution in [0.4, 0.5) is 5.69 Å². The highest BCUT2D eigenvalue weighted by atomic mass is 35.5. The van der Waals surface area contributed by atoms with Crippen molar-refractivity contribution in [1.29, 1.82) is 0 Å². The summed E-state index contributed by atoms with van der Waals surface area (Å²) in [6.07, 6.45) is 2.97. The van der Waals surface area contributed by atoms with Crippen molar-refractivity contribution in [3.05, 3.63) is 125 Å². The average Bonchev–Trinajstić information content (AvgIpc) is 2.96. The van der Waals surface area contributed by atoms with E-state index in [1.165, 1.54) is 29.8 Å². The van der Waals surface area contributed by atoms with Crippen LogP contribution in [0.3, 0.4) is 0 Å². The van der Waals surface area contributed by atoms with Crippen LogP contribution >= 0.6 is 11.6 Å². The third-order valence-corrected chi connectivity index (χ3v) is 9.02. The third-order valence-electron chi connectivity index (χ3n) is 7.00. The van der Waals surface area contributed by atoms with Crippen LogP contribution in [0.15, 0.2) is 108 Å². The number of benzene rings is 4. The summed E-state index contributed by atoms with van der Waals surface area (Å²) in [6.45, 7) is 5.96. The SMILES string of the molecule is CCCCc1ccc(N(C(=O)COc2ccc(C(C)(C)c3ccccc3)cc2)S(=O)(=O)c2ccc(Cl)cc2)cc1. The molecule has 0 saturated heterocycles. The van der Waals surface area contributed by atoms with Gasteiger partial charge in [-0.25, -0.2) is 8.42 Å². The highest BCUT2D eigenvalue weighted by Gasteiger charge is 2.31. The van der Waals surface area contributed by atoms with Crippen LogP contribution in [-0.2, 0) is 26.7 Å². The molecule has 4 aromatic carbocycles. The van der Waals surface area contributed by atoms with Gasteiger partial charge in [0, 0.05) is 10.4 Å². The number of halogens is 1. The summed E-state index contributed by atoms with van der Waals surface area (Å²) in [5.41, 5.74) is 3.39. The van der Waals surface area contributed by atoms with E-state index in [0.717, 1.165) is 34.7 Å². The molecule has 0 radical (unpaired) electrons. The van der Waals surface area contributed by atoms with Crippen molar-refractivity contribution < 1.29 is 17.9 Å². The molecular weight excluding hydrogens is 542 g/mol. The molecule has 0 aromatic heterocycles. The summed E-state index contributed by atoms with van der Waals surface area (Å²) in [5.74, 6) is -0.232. The van der Waals surface area contributed by atoms with Crippen LogP contribution < -0.4 is 9.04 Å². The molecule has 0 fully saturated rings. The Morgan fingerprint density at radius 1 is 0.825 bits per heavy atom. The quantitative estimate of drug-likeness (QED) is 0.183. The molecule has 208 valence electrons. The first-order valence-electron chi connectivity index (χ1n) is 13.3. The second-order valence-corrected chi connectivity index (χ2v) is 12.4. The zero-order valence-electron chi connectivity index (χ0n) is 23.0. The monoisotopic (exact) mass is 575 g/mol. The molecular formula is C33H34ClNO4S. The number of hydrogen-bond acceptors (Lipinski definition) is 4. The first-order chi connectivity index (χ1) is 19.1. The van der Waals surface area contributed by atoms with Crippen LogP contribution in [0.25, 0.3) is 0 Å². The number of unbranched alkanes of at least 4 members (excludes halogenated alkanes) is 1. The number of nitrogens with zero attached hydrogens (tertiary/aromatic N) is 1. The second-order valence-electron chi connectivity index (χ2n) is 10.2. The fourth-order valence-corrected chi connectivity index (χ4v) is 6.04. The average molecular weight is 576 g/mol. The number of sulfonamides is 1. The van der Waals surface area contributed by atoms with Crippen LogP contribution in [0, 0.1) is 0 Å². The smallest absolute Gasteiger partial charge is 0.278 e. The van der Waals surface area contributed by atoms with E-state index in [-0.39, 0.29) is 16.0 Å². The molecule has 0 atom stereocenters. The van der Waals surface area contributed by atoms with Gasteiger partial charge in [0.1, 0.15) is 5.75 Å². The molecule has 0 unspecified atom stereocenters. The van der Waals surface area contributed by atoms with Gasteiger partial charge in [-0.2, -0.15) is 4.31 Å². The molecule has 0 N–H and O–H groups in total. The van der Waals surface area contributed by atoms with E-state index >= 15 is 0 Å². The predicted molar refractivity (Wildman–Crippen MR) is 162 cm³/mol. The fraction of sp³-hybridized carbons (Fsp3) is 0.242. The Kier molecular flexibility index (Phi) is 9.33. The van der Waals surface area contributed by atoms with Crippen molar-refractivity contribution in [1.82, 2.24) is 0 Å². The largest absolute Gasteiger partial charge is 0.484 e. The van der Waals surface area contributed by atoms with Gasteiger partial charge in [-0.3, -0.25) is 4.79 Å². The number of anilines is 1. The number of rotatable bonds is 11. The Bertz CT molecular complexity index is 1520. The van der Waals surface area contributed by atoms with E-state index in [2.05, 4.69) is 32.9 Å². The number of amides is 1. The van der Waals surface area contributed by atoms with Gasteiger partial charge in [-0.1, -0.05) is 93.4 Å². The lowest BCUT2D eigenvalue weighted by Crippen LogP contribution is -2.40. The number of aryl methyl sites for hydroxylation is 1. The van der Waals surface area contributed by atoms with E-state index in [4.69, 9.17) is 16.3 Å². The minimum absolute atomic E-state index is 0.0344. The van der Waals surface area contributed by atoms with Crippen molar-refractivity contribution in [2.75, 3.05) is 10.9 Å². The summed E-state index contributed by atoms with van der Waals surface area (Å²) < 4.78 is 33.9. The maximum atomic E-state index is 13.7. The van der Waals surface area contributed by atoms with Gasteiger partial charge >= 0.3 is 0 Å². The zero-order valence-corrected chi connectivity index (χ0v) is 24.6. The minimum atomic E-state index is -4.22. The Morgan fingerprint density at radius 3 is 2.02 bits per heavy atom. The summed E-state index contributed by atoms with van der Waals surface area (Å²) >= 11 is 5.98. The molecule has 4 rings (SSSR count). The highest BCUT2D eigenvalue weighted by Crippen LogP contribution is 2.32. The molecule has 0 saturated carbocycles. The number of ether oxygens (including phenoxy) is 1. The molecule has 40 heavy (non-hydrogen) atoms. The molecule has 0 aliphatic carbocycles. The number of carbonyl (C=O) groups excluding carboxylic acids is 1. The Morgan fingerprint density at radius 2 is 1.43 bits per heavy atom. The van der Waals surface area contributed by atoms with Crippen molar-refractivity contribution in [2.45, 2.75) is 50.3 Å². The van der Waals surface area contributed by atoms with Crippen molar-refractivity contribution in [3.63, 3.8) is 0 Å². The summed E-state index contributed by atoms with van der Waals surface area (Å²) in [5, 5.41) is 0.402. The highest BCUT2D eigenvalue weighted by molar-refractivity contribution is 7.93. The van der Waals surface area contributed by atoms with E-state index in [1.807, 2.05) is 42.5 Å². The van der Waals surface area contributed by atoms with Gasteiger partial charge in [0.15, 0.2) is 6.61 Å². The summed E-state index contributed by atoms with van der Waals surface area (Å²) in [4.78, 5) is 13.4. The Balaban J connectivity index is 1.56. The van der Waals surface area contributed by atoms with Crippen molar-refractivity contribution in [3.8, 4) is 5.75 Å². The topological polar surface area (TPSA) is 63.7 Å². The molecule has 7 heteroatoms. The summed E-state index contributed by atoms with van der Waals surface area (Å²) in [6, 6.07) is 30.5. The van der Waals surface area contributed by atoms with Crippen LogP contribution in [0.5, 0.6) is 5.75 Å². The van der Waals surface area contributed by atoms with E-state index in [0.29, 0.717) is 10.8 Å². The van der Waals surface area contributed by atoms with Crippen molar-refractivity contribution in [2.24, 2.45) is 0 Å². The Hall–Kier alpha value is -3.61. The van der Waals surface area contributed by atoms with E-state index < -0.39 is 22.5 Å². The van der Waals surface area contributed by atoms with Gasteiger partial charge in [0.2, 0.25) is 0 Å². The van der Waals surface area contributed by atoms with E-state index in [1.54, 1.807) is 24.3 Å². The molecule has 1 amide bonds. The third kappa shape index (κ3) is 6.75. The molecule has 0 bridgehead atoms. The number of hydrogen-bond donors (Lipinski definition) is 0. The predicted octanol–water partition coefficient (Wildman–Crippen LogP) is 7.81. The van der Waals surface area contributed by atoms with Gasteiger partial charge in [0.25, 0.3) is 15.9 Å². The van der Waals surface area contributed by atoms with E-state index in [9.17, 15) is 13.2 Å². The van der Waals surface area contributed by atoms with Gasteiger partial charge in [0.05, 0.1) is 10.6 Å². The second kappa shape index (κ2) is 12.7. The standard InChI is InChI=1S/C33H34ClNO4S/c1-4-5-9-25-12-18-29(19-13-25)35(40(37,38)31-22-16-28(34)17-23-31)32(36)24-39-30-20-14-27(15-21-30)33(2,3)26-10-7-6-8-11-26/h6-8,10-23H,4-5,9,24H2,1-3H3. The first kappa shape index (κ1) is 29.4. The first-order valence-corrected chi connectivity index (χ1v) is 15.2. The molecule has 5 nitrogen and oxygen atoms in total. The number of carbonyl (C=O) groups is 1.